The highest BCUT2D eigenvalue weighted by atomic mass is 16.3. The summed E-state index contributed by atoms with van der Waals surface area (Å²) in [6, 6.07) is 1.88. The molecule has 1 aliphatic heterocycles. The van der Waals surface area contributed by atoms with Gasteiger partial charge in [-0.25, -0.2) is 0 Å². The molecule has 0 bridgehead atoms. The Kier molecular flexibility index (Phi) is 3.67. The lowest BCUT2D eigenvalue weighted by atomic mass is 10.1. The maximum Gasteiger partial charge on any atom is 0.272 e. The predicted molar refractivity (Wildman–Crippen MR) is 73.1 cm³/mol. The standard InChI is InChI=1S/C14H23N3O2/c1-5-17-12(8-11(15-17)10(2)3)13(18)16-7-6-14(4,19)9-16/h8,10,19H,5-7,9H2,1-4H3. The number of rotatable bonds is 3. The van der Waals surface area contributed by atoms with E-state index in [2.05, 4.69) is 18.9 Å². The highest BCUT2D eigenvalue weighted by Gasteiger charge is 2.35. The van der Waals surface area contributed by atoms with Gasteiger partial charge in [0.2, 0.25) is 0 Å². The minimum Gasteiger partial charge on any atom is -0.388 e. The zero-order valence-corrected chi connectivity index (χ0v) is 12.2. The third-order valence-corrected chi connectivity index (χ3v) is 3.65. The molecule has 1 aromatic rings. The second kappa shape index (κ2) is 4.96. The van der Waals surface area contributed by atoms with Crippen molar-refractivity contribution in [2.75, 3.05) is 13.1 Å². The molecule has 1 atom stereocenters. The Morgan fingerprint density at radius 3 is 2.74 bits per heavy atom. The van der Waals surface area contributed by atoms with Crippen molar-refractivity contribution in [3.05, 3.63) is 17.5 Å². The number of likely N-dealkylation sites (tertiary alicyclic amines) is 1. The van der Waals surface area contributed by atoms with Gasteiger partial charge in [0.25, 0.3) is 5.91 Å². The van der Waals surface area contributed by atoms with Crippen molar-refractivity contribution < 1.29 is 9.90 Å². The highest BCUT2D eigenvalue weighted by Crippen LogP contribution is 2.23. The van der Waals surface area contributed by atoms with Crippen molar-refractivity contribution in [3.8, 4) is 0 Å². The molecule has 19 heavy (non-hydrogen) atoms. The predicted octanol–water partition coefficient (Wildman–Crippen LogP) is 1.62. The lowest BCUT2D eigenvalue weighted by Gasteiger charge is -2.19. The van der Waals surface area contributed by atoms with E-state index in [1.54, 1.807) is 16.5 Å². The third kappa shape index (κ3) is 2.81. The van der Waals surface area contributed by atoms with E-state index in [-0.39, 0.29) is 5.91 Å². The van der Waals surface area contributed by atoms with Gasteiger partial charge < -0.3 is 10.0 Å². The Labute approximate surface area is 114 Å². The van der Waals surface area contributed by atoms with Crippen molar-refractivity contribution in [1.29, 1.82) is 0 Å². The molecule has 0 aromatic carbocycles. The zero-order valence-electron chi connectivity index (χ0n) is 12.2. The number of hydrogen-bond acceptors (Lipinski definition) is 3. The van der Waals surface area contributed by atoms with Crippen molar-refractivity contribution >= 4 is 5.91 Å². The van der Waals surface area contributed by atoms with E-state index in [1.807, 2.05) is 13.0 Å². The molecular formula is C14H23N3O2. The number of hydrogen-bond donors (Lipinski definition) is 1. The first-order chi connectivity index (χ1) is 8.84. The van der Waals surface area contributed by atoms with Gasteiger partial charge in [-0.15, -0.1) is 0 Å². The lowest BCUT2D eigenvalue weighted by molar-refractivity contribution is 0.0565. The van der Waals surface area contributed by atoms with Gasteiger partial charge in [-0.3, -0.25) is 9.48 Å². The zero-order chi connectivity index (χ0) is 14.2. The summed E-state index contributed by atoms with van der Waals surface area (Å²) in [4.78, 5) is 14.2. The molecule has 0 radical (unpaired) electrons. The monoisotopic (exact) mass is 265 g/mol. The van der Waals surface area contributed by atoms with Gasteiger partial charge in [-0.1, -0.05) is 13.8 Å². The molecule has 0 saturated carbocycles. The Morgan fingerprint density at radius 1 is 1.58 bits per heavy atom. The molecule has 1 aliphatic rings. The van der Waals surface area contributed by atoms with Crippen LogP contribution in [0.3, 0.4) is 0 Å². The van der Waals surface area contributed by atoms with Gasteiger partial charge in [0, 0.05) is 19.6 Å². The van der Waals surface area contributed by atoms with E-state index in [0.29, 0.717) is 37.7 Å². The van der Waals surface area contributed by atoms with Crippen LogP contribution in [-0.4, -0.2) is 44.4 Å². The van der Waals surface area contributed by atoms with E-state index >= 15 is 0 Å². The number of carbonyl (C=O) groups is 1. The van der Waals surface area contributed by atoms with E-state index in [4.69, 9.17) is 0 Å². The molecule has 0 aliphatic carbocycles. The van der Waals surface area contributed by atoms with Crippen LogP contribution in [0.15, 0.2) is 6.07 Å². The third-order valence-electron chi connectivity index (χ3n) is 3.65. The number of nitrogens with zero attached hydrogens (tertiary/aromatic N) is 3. The topological polar surface area (TPSA) is 58.4 Å². The number of aromatic nitrogens is 2. The first-order valence-corrected chi connectivity index (χ1v) is 6.93. The maximum atomic E-state index is 12.5. The van der Waals surface area contributed by atoms with Gasteiger partial charge in [-0.05, 0) is 32.3 Å². The van der Waals surface area contributed by atoms with Crippen molar-refractivity contribution in [2.24, 2.45) is 0 Å². The van der Waals surface area contributed by atoms with Crippen LogP contribution in [0.4, 0.5) is 0 Å². The van der Waals surface area contributed by atoms with Crippen LogP contribution in [0.2, 0.25) is 0 Å². The van der Waals surface area contributed by atoms with Gasteiger partial charge in [0.1, 0.15) is 5.69 Å². The fourth-order valence-electron chi connectivity index (χ4n) is 2.41. The van der Waals surface area contributed by atoms with Crippen LogP contribution in [0.1, 0.15) is 56.2 Å². The average molecular weight is 265 g/mol. The molecule has 1 saturated heterocycles. The summed E-state index contributed by atoms with van der Waals surface area (Å²) in [5, 5.41) is 14.4. The van der Waals surface area contributed by atoms with Gasteiger partial charge >= 0.3 is 0 Å². The Bertz CT molecular complexity index is 477. The lowest BCUT2D eigenvalue weighted by Crippen LogP contribution is -2.35. The minimum absolute atomic E-state index is 0.0287. The molecule has 1 fully saturated rings. The van der Waals surface area contributed by atoms with E-state index in [1.165, 1.54) is 0 Å². The second-order valence-corrected chi connectivity index (χ2v) is 5.90. The average Bonchev–Trinajstić information content (AvgIpc) is 2.91. The van der Waals surface area contributed by atoms with E-state index < -0.39 is 5.60 Å². The van der Waals surface area contributed by atoms with Crippen LogP contribution in [-0.2, 0) is 6.54 Å². The van der Waals surface area contributed by atoms with Crippen LogP contribution < -0.4 is 0 Å². The van der Waals surface area contributed by atoms with E-state index in [9.17, 15) is 9.90 Å². The molecule has 1 N–H and O–H groups in total. The molecule has 2 rings (SSSR count). The van der Waals surface area contributed by atoms with Crippen molar-refractivity contribution in [3.63, 3.8) is 0 Å². The summed E-state index contributed by atoms with van der Waals surface area (Å²) in [7, 11) is 0. The minimum atomic E-state index is -0.756. The van der Waals surface area contributed by atoms with Gasteiger partial charge in [-0.2, -0.15) is 5.10 Å². The fourth-order valence-corrected chi connectivity index (χ4v) is 2.41. The van der Waals surface area contributed by atoms with Crippen LogP contribution in [0, 0.1) is 0 Å². The second-order valence-electron chi connectivity index (χ2n) is 5.90. The maximum absolute atomic E-state index is 12.5. The number of β-amino-alcohol motifs (C(OH)–C–C–N with tert-alkyl or cyclic N) is 1. The van der Waals surface area contributed by atoms with E-state index in [0.717, 1.165) is 5.69 Å². The Hall–Kier alpha value is -1.36. The first-order valence-electron chi connectivity index (χ1n) is 6.93. The summed E-state index contributed by atoms with van der Waals surface area (Å²) >= 11 is 0. The molecule has 5 heteroatoms. The summed E-state index contributed by atoms with van der Waals surface area (Å²) in [6.07, 6.45) is 0.635. The number of aryl methyl sites for hydroxylation is 1. The first kappa shape index (κ1) is 14.1. The van der Waals surface area contributed by atoms with Gasteiger partial charge in [0.05, 0.1) is 11.3 Å². The molecule has 1 aromatic heterocycles. The summed E-state index contributed by atoms with van der Waals surface area (Å²) in [5.74, 6) is 0.278. The molecule has 2 heterocycles. The number of carbonyl (C=O) groups excluding carboxylic acids is 1. The summed E-state index contributed by atoms with van der Waals surface area (Å²) in [6.45, 7) is 9.58. The number of amides is 1. The van der Waals surface area contributed by atoms with Crippen molar-refractivity contribution in [2.45, 2.75) is 52.2 Å². The molecular weight excluding hydrogens is 242 g/mol. The molecule has 1 amide bonds. The Morgan fingerprint density at radius 2 is 2.26 bits per heavy atom. The normalized spacial score (nSPS) is 23.4. The molecule has 0 spiro atoms. The molecule has 5 nitrogen and oxygen atoms in total. The Balaban J connectivity index is 2.24. The summed E-state index contributed by atoms with van der Waals surface area (Å²) < 4.78 is 1.75. The fraction of sp³-hybridized carbons (Fsp3) is 0.714. The smallest absolute Gasteiger partial charge is 0.272 e. The van der Waals surface area contributed by atoms with Crippen LogP contribution in [0.5, 0.6) is 0 Å². The quantitative estimate of drug-likeness (QED) is 0.903. The molecule has 106 valence electrons. The van der Waals surface area contributed by atoms with Gasteiger partial charge in [0.15, 0.2) is 0 Å². The largest absolute Gasteiger partial charge is 0.388 e. The van der Waals surface area contributed by atoms with Crippen LogP contribution in [0.25, 0.3) is 0 Å². The summed E-state index contributed by atoms with van der Waals surface area (Å²) in [5.41, 5.74) is 0.813. The number of aliphatic hydroxyl groups is 1. The molecule has 1 unspecified atom stereocenters. The SMILES string of the molecule is CCn1nc(C(C)C)cc1C(=O)N1CCC(C)(O)C1. The highest BCUT2D eigenvalue weighted by molar-refractivity contribution is 5.93. The van der Waals surface area contributed by atoms with Crippen LogP contribution >= 0.6 is 0 Å². The van der Waals surface area contributed by atoms with Crippen molar-refractivity contribution in [1.82, 2.24) is 14.7 Å².